The van der Waals surface area contributed by atoms with Gasteiger partial charge in [-0.15, -0.1) is 0 Å². The number of aryl methyl sites for hydroxylation is 4. The van der Waals surface area contributed by atoms with E-state index < -0.39 is 0 Å². The van der Waals surface area contributed by atoms with Gasteiger partial charge in [-0.2, -0.15) is 5.10 Å². The predicted molar refractivity (Wildman–Crippen MR) is 71.9 cm³/mol. The molecule has 18 heavy (non-hydrogen) atoms. The lowest BCUT2D eigenvalue weighted by atomic mass is 10.0. The summed E-state index contributed by atoms with van der Waals surface area (Å²) in [5, 5.41) is 4.31. The Bertz CT molecular complexity index is 597. The molecule has 0 spiro atoms. The molecule has 3 nitrogen and oxygen atoms in total. The van der Waals surface area contributed by atoms with E-state index in [0.29, 0.717) is 6.54 Å². The van der Waals surface area contributed by atoms with E-state index >= 15 is 0 Å². The molecule has 2 aromatic rings. The minimum Gasteiger partial charge on any atom is -0.292 e. The third-order valence-electron chi connectivity index (χ3n) is 3.23. The summed E-state index contributed by atoms with van der Waals surface area (Å²) in [6.45, 7) is 8.28. The van der Waals surface area contributed by atoms with E-state index in [-0.39, 0.29) is 5.78 Å². The van der Waals surface area contributed by atoms with Gasteiger partial charge in [-0.1, -0.05) is 12.1 Å². The van der Waals surface area contributed by atoms with E-state index in [1.807, 2.05) is 52.0 Å². The van der Waals surface area contributed by atoms with Gasteiger partial charge >= 0.3 is 0 Å². The molecule has 94 valence electrons. The Kier molecular flexibility index (Phi) is 3.32. The molecule has 0 aliphatic carbocycles. The SMILES string of the molecule is Cc1cc(C)n(CC(=O)c2ccc(C)c(C)c2)n1. The second-order valence-electron chi connectivity index (χ2n) is 4.81. The first kappa shape index (κ1) is 12.6. The fraction of sp³-hybridized carbons (Fsp3) is 0.333. The highest BCUT2D eigenvalue weighted by molar-refractivity contribution is 5.96. The second kappa shape index (κ2) is 4.77. The van der Waals surface area contributed by atoms with Crippen LogP contribution < -0.4 is 0 Å². The molecule has 0 saturated heterocycles. The quantitative estimate of drug-likeness (QED) is 0.775. The van der Waals surface area contributed by atoms with Crippen molar-refractivity contribution >= 4 is 5.78 Å². The molecule has 0 atom stereocenters. The molecule has 0 N–H and O–H groups in total. The van der Waals surface area contributed by atoms with Crippen LogP contribution in [-0.2, 0) is 6.54 Å². The third kappa shape index (κ3) is 2.50. The standard InChI is InChI=1S/C15H18N2O/c1-10-5-6-14(7-11(10)2)15(18)9-17-13(4)8-12(3)16-17/h5-8H,9H2,1-4H3. The molecule has 1 aromatic carbocycles. The number of carbonyl (C=O) groups excluding carboxylic acids is 1. The summed E-state index contributed by atoms with van der Waals surface area (Å²) in [5.74, 6) is 0.101. The highest BCUT2D eigenvalue weighted by atomic mass is 16.1. The number of hydrogen-bond acceptors (Lipinski definition) is 2. The second-order valence-corrected chi connectivity index (χ2v) is 4.81. The van der Waals surface area contributed by atoms with Crippen LogP contribution in [0.25, 0.3) is 0 Å². The van der Waals surface area contributed by atoms with E-state index in [1.54, 1.807) is 4.68 Å². The molecule has 0 saturated carbocycles. The van der Waals surface area contributed by atoms with Crippen molar-refractivity contribution in [2.24, 2.45) is 0 Å². The Balaban J connectivity index is 2.22. The van der Waals surface area contributed by atoms with Gasteiger partial charge in [0.25, 0.3) is 0 Å². The molecule has 0 aliphatic rings. The van der Waals surface area contributed by atoms with Crippen LogP contribution in [0.2, 0.25) is 0 Å². The summed E-state index contributed by atoms with van der Waals surface area (Å²) >= 11 is 0. The van der Waals surface area contributed by atoms with Crippen LogP contribution in [0.4, 0.5) is 0 Å². The average Bonchev–Trinajstić information content (AvgIpc) is 2.61. The molecule has 0 unspecified atom stereocenters. The summed E-state index contributed by atoms with van der Waals surface area (Å²) in [6, 6.07) is 7.80. The molecule has 0 fully saturated rings. The van der Waals surface area contributed by atoms with Crippen molar-refractivity contribution in [1.82, 2.24) is 9.78 Å². The van der Waals surface area contributed by atoms with Crippen molar-refractivity contribution in [3.05, 3.63) is 52.3 Å². The van der Waals surface area contributed by atoms with E-state index in [2.05, 4.69) is 5.10 Å². The third-order valence-corrected chi connectivity index (χ3v) is 3.23. The van der Waals surface area contributed by atoms with Crippen molar-refractivity contribution in [3.63, 3.8) is 0 Å². The van der Waals surface area contributed by atoms with E-state index in [4.69, 9.17) is 0 Å². The number of ketones is 1. The summed E-state index contributed by atoms with van der Waals surface area (Å²) < 4.78 is 1.76. The smallest absolute Gasteiger partial charge is 0.184 e. The number of nitrogens with zero attached hydrogens (tertiary/aromatic N) is 2. The first-order valence-electron chi connectivity index (χ1n) is 6.09. The maximum atomic E-state index is 12.2. The van der Waals surface area contributed by atoms with Crippen LogP contribution in [0.5, 0.6) is 0 Å². The summed E-state index contributed by atoms with van der Waals surface area (Å²) in [6.07, 6.45) is 0. The lowest BCUT2D eigenvalue weighted by Gasteiger charge is -2.06. The fourth-order valence-corrected chi connectivity index (χ4v) is 1.98. The van der Waals surface area contributed by atoms with Crippen molar-refractivity contribution in [2.45, 2.75) is 34.2 Å². The molecular formula is C15H18N2O. The van der Waals surface area contributed by atoms with Gasteiger partial charge in [-0.05, 0) is 51.0 Å². The highest BCUT2D eigenvalue weighted by Crippen LogP contribution is 2.12. The van der Waals surface area contributed by atoms with E-state index in [0.717, 1.165) is 22.5 Å². The Labute approximate surface area is 107 Å². The van der Waals surface area contributed by atoms with Gasteiger partial charge in [0.2, 0.25) is 0 Å². The van der Waals surface area contributed by atoms with Crippen molar-refractivity contribution in [1.29, 1.82) is 0 Å². The zero-order valence-electron chi connectivity index (χ0n) is 11.3. The first-order valence-corrected chi connectivity index (χ1v) is 6.09. The summed E-state index contributed by atoms with van der Waals surface area (Å²) in [4.78, 5) is 12.2. The normalized spacial score (nSPS) is 10.7. The lowest BCUT2D eigenvalue weighted by molar-refractivity contribution is 0.0966. The maximum Gasteiger partial charge on any atom is 0.184 e. The Morgan fingerprint density at radius 2 is 1.83 bits per heavy atom. The average molecular weight is 242 g/mol. The van der Waals surface area contributed by atoms with E-state index in [9.17, 15) is 4.79 Å². The van der Waals surface area contributed by atoms with Gasteiger partial charge in [-0.3, -0.25) is 9.48 Å². The Morgan fingerprint density at radius 3 is 2.39 bits per heavy atom. The van der Waals surface area contributed by atoms with Crippen LogP contribution in [0.15, 0.2) is 24.3 Å². The van der Waals surface area contributed by atoms with Gasteiger partial charge in [0, 0.05) is 11.3 Å². The lowest BCUT2D eigenvalue weighted by Crippen LogP contribution is -2.13. The van der Waals surface area contributed by atoms with Crippen LogP contribution in [-0.4, -0.2) is 15.6 Å². The summed E-state index contributed by atoms with van der Waals surface area (Å²) in [7, 11) is 0. The molecule has 0 bridgehead atoms. The van der Waals surface area contributed by atoms with Gasteiger partial charge in [0.1, 0.15) is 6.54 Å². The zero-order valence-corrected chi connectivity index (χ0v) is 11.3. The molecule has 0 amide bonds. The van der Waals surface area contributed by atoms with E-state index in [1.165, 1.54) is 5.56 Å². The molecule has 2 rings (SSSR count). The van der Waals surface area contributed by atoms with Gasteiger partial charge in [-0.25, -0.2) is 0 Å². The van der Waals surface area contributed by atoms with Crippen LogP contribution in [0.3, 0.4) is 0 Å². The zero-order chi connectivity index (χ0) is 13.3. The van der Waals surface area contributed by atoms with Crippen LogP contribution in [0.1, 0.15) is 32.9 Å². The predicted octanol–water partition coefficient (Wildman–Crippen LogP) is 3.00. The van der Waals surface area contributed by atoms with Crippen LogP contribution >= 0.6 is 0 Å². The molecule has 0 aliphatic heterocycles. The number of rotatable bonds is 3. The minimum absolute atomic E-state index is 0.101. The Hall–Kier alpha value is -1.90. The molecule has 3 heteroatoms. The van der Waals surface area contributed by atoms with Crippen molar-refractivity contribution in [2.75, 3.05) is 0 Å². The molecular weight excluding hydrogens is 224 g/mol. The number of hydrogen-bond donors (Lipinski definition) is 0. The van der Waals surface area contributed by atoms with Gasteiger partial charge in [0.05, 0.1) is 5.69 Å². The largest absolute Gasteiger partial charge is 0.292 e. The number of Topliss-reactive ketones (excluding diaryl/α,β-unsaturated/α-hetero) is 1. The number of benzene rings is 1. The Morgan fingerprint density at radius 1 is 1.11 bits per heavy atom. The van der Waals surface area contributed by atoms with Crippen LogP contribution in [0, 0.1) is 27.7 Å². The monoisotopic (exact) mass is 242 g/mol. The number of aromatic nitrogens is 2. The van der Waals surface area contributed by atoms with Crippen molar-refractivity contribution < 1.29 is 4.79 Å². The highest BCUT2D eigenvalue weighted by Gasteiger charge is 2.10. The summed E-state index contributed by atoms with van der Waals surface area (Å²) in [5.41, 5.74) is 5.07. The minimum atomic E-state index is 0.101. The van der Waals surface area contributed by atoms with Gasteiger partial charge in [0.15, 0.2) is 5.78 Å². The fourth-order valence-electron chi connectivity index (χ4n) is 1.98. The topological polar surface area (TPSA) is 34.9 Å². The molecule has 0 radical (unpaired) electrons. The number of carbonyl (C=O) groups is 1. The molecule has 1 aromatic heterocycles. The van der Waals surface area contributed by atoms with Crippen molar-refractivity contribution in [3.8, 4) is 0 Å². The first-order chi connectivity index (χ1) is 8.47. The maximum absolute atomic E-state index is 12.2. The molecule has 1 heterocycles. The van der Waals surface area contributed by atoms with Gasteiger partial charge < -0.3 is 0 Å².